The van der Waals surface area contributed by atoms with Crippen molar-refractivity contribution in [1.82, 2.24) is 10.3 Å². The van der Waals surface area contributed by atoms with Gasteiger partial charge in [0.1, 0.15) is 12.0 Å². The van der Waals surface area contributed by atoms with Gasteiger partial charge in [-0.05, 0) is 59.7 Å². The Balaban J connectivity index is 1.52. The molecule has 0 unspecified atom stereocenters. The second-order valence-corrected chi connectivity index (χ2v) is 14.1. The number of carbonyl (C=O) groups is 1. The van der Waals surface area contributed by atoms with E-state index in [0.717, 1.165) is 23.4 Å². The topological polar surface area (TPSA) is 141 Å². The Morgan fingerprint density at radius 1 is 1.09 bits per heavy atom. The number of hydrogen-bond acceptors (Lipinski definition) is 9. The number of ether oxygens (including phenoxy) is 3. The van der Waals surface area contributed by atoms with E-state index in [1.165, 1.54) is 54.9 Å². The number of sulfone groups is 1. The van der Waals surface area contributed by atoms with E-state index in [0.29, 0.717) is 29.2 Å². The lowest BCUT2D eigenvalue weighted by atomic mass is 10.0. The number of alkyl halides is 2. The third-order valence-electron chi connectivity index (χ3n) is 6.54. The van der Waals surface area contributed by atoms with Crippen LogP contribution in [0.2, 0.25) is 10.0 Å². The molecule has 17 heteroatoms. The normalized spacial score (nSPS) is 13.8. The molecule has 0 bridgehead atoms. The summed E-state index contributed by atoms with van der Waals surface area (Å²) < 4.78 is 89.4. The van der Waals surface area contributed by atoms with Crippen LogP contribution in [0.3, 0.4) is 0 Å². The van der Waals surface area contributed by atoms with Gasteiger partial charge < -0.3 is 19.5 Å². The number of amides is 1. The molecule has 11 nitrogen and oxygen atoms in total. The molecule has 0 saturated heterocycles. The van der Waals surface area contributed by atoms with Gasteiger partial charge in [-0.2, -0.15) is 8.78 Å². The molecule has 45 heavy (non-hydrogen) atoms. The van der Waals surface area contributed by atoms with Crippen molar-refractivity contribution in [2.24, 2.45) is 5.92 Å². The van der Waals surface area contributed by atoms with Crippen LogP contribution < -0.4 is 19.1 Å². The molecular weight excluding hydrogens is 679 g/mol. The van der Waals surface area contributed by atoms with Crippen LogP contribution in [-0.2, 0) is 38.4 Å². The number of aromatic nitrogens is 1. The van der Waals surface area contributed by atoms with Crippen LogP contribution in [0.25, 0.3) is 0 Å². The fourth-order valence-electron chi connectivity index (χ4n) is 4.14. The number of nitrogens with one attached hydrogen (secondary N) is 1. The summed E-state index contributed by atoms with van der Waals surface area (Å²) in [6, 6.07) is 10.1. The molecule has 1 N–H and O–H groups in total. The predicted octanol–water partition coefficient (Wildman–Crippen LogP) is 5.32. The summed E-state index contributed by atoms with van der Waals surface area (Å²) >= 11 is 12.7. The average Bonchev–Trinajstić information content (AvgIpc) is 3.80. The number of thiol groups is 1. The second kappa shape index (κ2) is 15.3. The third-order valence-corrected chi connectivity index (χ3v) is 8.88. The van der Waals surface area contributed by atoms with E-state index >= 15 is 0 Å². The zero-order chi connectivity index (χ0) is 32.7. The maximum atomic E-state index is 13.1. The molecule has 1 heterocycles. The van der Waals surface area contributed by atoms with Crippen LogP contribution in [-0.4, -0.2) is 53.3 Å². The van der Waals surface area contributed by atoms with E-state index in [9.17, 15) is 30.4 Å². The number of benzene rings is 2. The van der Waals surface area contributed by atoms with Gasteiger partial charge in [0, 0.05) is 31.6 Å². The summed E-state index contributed by atoms with van der Waals surface area (Å²) in [4.78, 5) is 16.9. The Labute approximate surface area is 270 Å². The number of nitrogens with zero attached hydrogens (tertiary/aromatic N) is 2. The predicted molar refractivity (Wildman–Crippen MR) is 164 cm³/mol. The van der Waals surface area contributed by atoms with Crippen LogP contribution >= 0.6 is 23.2 Å². The van der Waals surface area contributed by atoms with Crippen molar-refractivity contribution in [1.29, 1.82) is 0 Å². The molecule has 1 aliphatic rings. The quantitative estimate of drug-likeness (QED) is 0.201. The van der Waals surface area contributed by atoms with Gasteiger partial charge in [0.2, 0.25) is 10.9 Å². The molecule has 0 spiro atoms. The smallest absolute Gasteiger partial charge is 0.408 e. The van der Waals surface area contributed by atoms with E-state index in [1.54, 1.807) is 0 Å². The second-order valence-electron chi connectivity index (χ2n) is 10.2. The molecule has 1 atom stereocenters. The Morgan fingerprint density at radius 2 is 1.76 bits per heavy atom. The monoisotopic (exact) mass is 707 g/mol. The molecule has 1 aromatic heterocycles. The van der Waals surface area contributed by atoms with Crippen LogP contribution in [0.1, 0.15) is 35.6 Å². The van der Waals surface area contributed by atoms with Gasteiger partial charge in [0.25, 0.3) is 0 Å². The first kappa shape index (κ1) is 34.5. The lowest BCUT2D eigenvalue weighted by Gasteiger charge is -2.22. The fraction of sp³-hybridized carbons (Fsp3) is 0.357. The molecule has 0 aliphatic heterocycles. The minimum atomic E-state index is -3.63. The van der Waals surface area contributed by atoms with Crippen molar-refractivity contribution in [3.8, 4) is 11.5 Å². The van der Waals surface area contributed by atoms with Crippen LogP contribution in [0.4, 0.5) is 19.3 Å². The van der Waals surface area contributed by atoms with Crippen molar-refractivity contribution >= 4 is 55.7 Å². The first-order valence-electron chi connectivity index (χ1n) is 13.4. The van der Waals surface area contributed by atoms with Crippen molar-refractivity contribution in [2.75, 3.05) is 23.0 Å². The number of rotatable bonds is 15. The van der Waals surface area contributed by atoms with E-state index in [4.69, 9.17) is 32.7 Å². The Hall–Kier alpha value is -3.40. The van der Waals surface area contributed by atoms with Crippen molar-refractivity contribution in [3.05, 3.63) is 81.6 Å². The van der Waals surface area contributed by atoms with Gasteiger partial charge in [-0.3, -0.25) is 9.29 Å². The summed E-state index contributed by atoms with van der Waals surface area (Å²) in [5.41, 5.74) is 1.51. The van der Waals surface area contributed by atoms with E-state index in [1.807, 2.05) is 0 Å². The first-order valence-corrected chi connectivity index (χ1v) is 17.4. The van der Waals surface area contributed by atoms with Crippen molar-refractivity contribution in [3.63, 3.8) is 0 Å². The zero-order valence-electron chi connectivity index (χ0n) is 23.7. The van der Waals surface area contributed by atoms with Crippen LogP contribution in [0.5, 0.6) is 11.5 Å². The summed E-state index contributed by atoms with van der Waals surface area (Å²) in [5, 5.41) is 3.05. The number of hydrogen-bond donors (Lipinski definition) is 2. The standard InChI is InChI=1S/C28H29Cl2F2N3O8S2/c1-45(39,40)16-35(44(37)38)20-7-4-17(5-8-20)12-34-28(36)43-25(11-21-22(29)13-33-14-23(21)30)19-6-9-24(42-27(31)32)26(10-19)41-15-18-2-3-18/h4-10,13-14,18,25,27,44H,2-3,11-12,15-16H2,1H3,(H,34,36)/t25-/m0/s1. The highest BCUT2D eigenvalue weighted by atomic mass is 35.5. The first-order chi connectivity index (χ1) is 21.3. The highest BCUT2D eigenvalue weighted by molar-refractivity contribution is 7.91. The van der Waals surface area contributed by atoms with E-state index in [2.05, 4.69) is 15.0 Å². The van der Waals surface area contributed by atoms with Gasteiger partial charge in [-0.25, -0.2) is 21.6 Å². The fourth-order valence-corrected chi connectivity index (χ4v) is 6.58. The van der Waals surface area contributed by atoms with Crippen LogP contribution in [0, 0.1) is 5.92 Å². The SMILES string of the molecule is CS(=O)(=O)CN(c1ccc(CNC(=O)O[C@@H](Cc2c(Cl)cncc2Cl)c2ccc(OC(F)F)c(OCC3CC3)c2)cc1)[SH](=O)=O. The van der Waals surface area contributed by atoms with Gasteiger partial charge in [-0.1, -0.05) is 41.4 Å². The van der Waals surface area contributed by atoms with Crippen molar-refractivity contribution in [2.45, 2.75) is 38.5 Å². The van der Waals surface area contributed by atoms with Gasteiger partial charge in [0.05, 0.1) is 22.3 Å². The summed E-state index contributed by atoms with van der Waals surface area (Å²) in [6.45, 7) is -2.80. The number of carbonyl (C=O) groups excluding carboxylic acids is 1. The number of halogens is 4. The molecule has 1 amide bonds. The Kier molecular flexibility index (Phi) is 11.7. The third kappa shape index (κ3) is 10.6. The molecule has 1 fully saturated rings. The zero-order valence-corrected chi connectivity index (χ0v) is 26.9. The number of pyridine rings is 1. The number of anilines is 1. The highest BCUT2D eigenvalue weighted by Crippen LogP contribution is 2.38. The molecule has 4 rings (SSSR count). The highest BCUT2D eigenvalue weighted by Gasteiger charge is 2.26. The molecule has 244 valence electrons. The molecule has 2 aromatic carbocycles. The van der Waals surface area contributed by atoms with Gasteiger partial charge >= 0.3 is 12.7 Å². The lowest BCUT2D eigenvalue weighted by Crippen LogP contribution is -2.28. The minimum absolute atomic E-state index is 0.00294. The van der Waals surface area contributed by atoms with E-state index < -0.39 is 45.4 Å². The lowest BCUT2D eigenvalue weighted by molar-refractivity contribution is -0.0515. The maximum absolute atomic E-state index is 13.1. The minimum Gasteiger partial charge on any atom is -0.489 e. The molecule has 1 saturated carbocycles. The Morgan fingerprint density at radius 3 is 2.33 bits per heavy atom. The maximum Gasteiger partial charge on any atom is 0.408 e. The number of alkyl carbamates (subject to hydrolysis) is 1. The largest absolute Gasteiger partial charge is 0.489 e. The molecule has 1 aliphatic carbocycles. The Bertz CT molecular complexity index is 1660. The van der Waals surface area contributed by atoms with Crippen LogP contribution in [0.15, 0.2) is 54.9 Å². The van der Waals surface area contributed by atoms with Gasteiger partial charge in [0.15, 0.2) is 21.3 Å². The van der Waals surface area contributed by atoms with E-state index in [-0.39, 0.29) is 40.2 Å². The molecule has 3 aromatic rings. The summed E-state index contributed by atoms with van der Waals surface area (Å²) in [5.74, 6) is -0.506. The van der Waals surface area contributed by atoms with Crippen molar-refractivity contribution < 1.29 is 44.6 Å². The molecule has 0 radical (unpaired) electrons. The summed E-state index contributed by atoms with van der Waals surface area (Å²) in [6.07, 6.45) is 3.77. The summed E-state index contributed by atoms with van der Waals surface area (Å²) in [7, 11) is -6.84. The molecular formula is C28H29Cl2F2N3O8S2. The van der Waals surface area contributed by atoms with Gasteiger partial charge in [-0.15, -0.1) is 0 Å². The average molecular weight is 709 g/mol.